The van der Waals surface area contributed by atoms with Crippen LogP contribution in [0, 0.1) is 5.92 Å². The van der Waals surface area contributed by atoms with Gasteiger partial charge >= 0.3 is 0 Å². The molecule has 3 rings (SSSR count). The lowest BCUT2D eigenvalue weighted by Crippen LogP contribution is -2.41. The summed E-state index contributed by atoms with van der Waals surface area (Å²) < 4.78 is 39.3. The SMILES string of the molecule is COc1cc(NC(=O)C2CCN(S(=O)(=O)c3cn(C(C)C)cn3)CC2)cc(OC)c1. The fourth-order valence-corrected chi connectivity index (χ4v) is 4.74. The number of piperidine rings is 1. The van der Waals surface area contributed by atoms with E-state index < -0.39 is 10.0 Å². The van der Waals surface area contributed by atoms with Gasteiger partial charge < -0.3 is 19.4 Å². The fourth-order valence-electron chi connectivity index (χ4n) is 3.35. The summed E-state index contributed by atoms with van der Waals surface area (Å²) in [6.07, 6.45) is 3.96. The number of aromatic nitrogens is 2. The van der Waals surface area contributed by atoms with Gasteiger partial charge in [-0.3, -0.25) is 4.79 Å². The molecule has 0 bridgehead atoms. The van der Waals surface area contributed by atoms with E-state index in [9.17, 15) is 13.2 Å². The zero-order valence-electron chi connectivity index (χ0n) is 17.7. The van der Waals surface area contributed by atoms with Crippen molar-refractivity contribution in [1.82, 2.24) is 13.9 Å². The van der Waals surface area contributed by atoms with Gasteiger partial charge in [-0.05, 0) is 26.7 Å². The second-order valence-electron chi connectivity index (χ2n) is 7.52. The van der Waals surface area contributed by atoms with Gasteiger partial charge in [0.15, 0.2) is 5.03 Å². The van der Waals surface area contributed by atoms with E-state index >= 15 is 0 Å². The van der Waals surface area contributed by atoms with Crippen molar-refractivity contribution in [3.63, 3.8) is 0 Å². The number of anilines is 1. The molecule has 1 aromatic carbocycles. The Labute approximate surface area is 177 Å². The Bertz CT molecular complexity index is 972. The van der Waals surface area contributed by atoms with Gasteiger partial charge in [-0.1, -0.05) is 0 Å². The molecule has 0 atom stereocenters. The molecule has 1 N–H and O–H groups in total. The van der Waals surface area contributed by atoms with E-state index in [0.29, 0.717) is 30.0 Å². The van der Waals surface area contributed by atoms with E-state index in [1.165, 1.54) is 10.6 Å². The third kappa shape index (κ3) is 4.76. The largest absolute Gasteiger partial charge is 0.497 e. The van der Waals surface area contributed by atoms with Crippen LogP contribution in [0.4, 0.5) is 5.69 Å². The van der Waals surface area contributed by atoms with Crippen molar-refractivity contribution in [2.75, 3.05) is 32.6 Å². The van der Waals surface area contributed by atoms with Crippen LogP contribution in [-0.4, -0.2) is 55.5 Å². The van der Waals surface area contributed by atoms with Gasteiger partial charge in [-0.25, -0.2) is 13.4 Å². The zero-order chi connectivity index (χ0) is 21.9. The number of hydrogen-bond acceptors (Lipinski definition) is 6. The number of imidazole rings is 1. The molecule has 0 unspecified atom stereocenters. The van der Waals surface area contributed by atoms with Crippen molar-refractivity contribution in [3.8, 4) is 11.5 Å². The molecule has 164 valence electrons. The van der Waals surface area contributed by atoms with Crippen molar-refractivity contribution in [1.29, 1.82) is 0 Å². The van der Waals surface area contributed by atoms with Crippen LogP contribution in [0.15, 0.2) is 35.7 Å². The minimum Gasteiger partial charge on any atom is -0.497 e. The normalized spacial score (nSPS) is 15.9. The van der Waals surface area contributed by atoms with Crippen LogP contribution in [0.5, 0.6) is 11.5 Å². The number of amides is 1. The average molecular weight is 437 g/mol. The van der Waals surface area contributed by atoms with Gasteiger partial charge in [0, 0.05) is 55.1 Å². The summed E-state index contributed by atoms with van der Waals surface area (Å²) in [4.78, 5) is 16.8. The lowest BCUT2D eigenvalue weighted by atomic mass is 9.97. The number of nitrogens with zero attached hydrogens (tertiary/aromatic N) is 3. The first-order chi connectivity index (χ1) is 14.2. The lowest BCUT2D eigenvalue weighted by molar-refractivity contribution is -0.120. The predicted molar refractivity (Wildman–Crippen MR) is 112 cm³/mol. The van der Waals surface area contributed by atoms with E-state index in [1.807, 2.05) is 13.8 Å². The molecular formula is C20H28N4O5S. The summed E-state index contributed by atoms with van der Waals surface area (Å²) in [6, 6.07) is 5.28. The standard InChI is InChI=1S/C20H28N4O5S/c1-14(2)23-12-19(21-13-23)30(26,27)24-7-5-15(6-8-24)20(25)22-16-9-17(28-3)11-18(10-16)29-4/h9-15H,5-8H2,1-4H3,(H,22,25). The first-order valence-electron chi connectivity index (χ1n) is 9.82. The number of carbonyl (C=O) groups is 1. The van der Waals surface area contributed by atoms with Crippen molar-refractivity contribution in [2.24, 2.45) is 5.92 Å². The molecule has 1 fully saturated rings. The highest BCUT2D eigenvalue weighted by Crippen LogP contribution is 2.28. The van der Waals surface area contributed by atoms with E-state index in [0.717, 1.165) is 0 Å². The molecule has 0 spiro atoms. The molecule has 1 aliphatic rings. The summed E-state index contributed by atoms with van der Waals surface area (Å²) in [6.45, 7) is 4.47. The van der Waals surface area contributed by atoms with Crippen LogP contribution in [0.25, 0.3) is 0 Å². The molecule has 0 saturated carbocycles. The minimum atomic E-state index is -3.66. The monoisotopic (exact) mass is 436 g/mol. The van der Waals surface area contributed by atoms with Gasteiger partial charge in [0.2, 0.25) is 5.91 Å². The van der Waals surface area contributed by atoms with Crippen molar-refractivity contribution < 1.29 is 22.7 Å². The molecule has 0 radical (unpaired) electrons. The zero-order valence-corrected chi connectivity index (χ0v) is 18.5. The van der Waals surface area contributed by atoms with Crippen molar-refractivity contribution >= 4 is 21.6 Å². The van der Waals surface area contributed by atoms with Gasteiger partial charge in [-0.2, -0.15) is 4.31 Å². The molecule has 1 amide bonds. The van der Waals surface area contributed by atoms with Crippen LogP contribution < -0.4 is 14.8 Å². The minimum absolute atomic E-state index is 0.0441. The number of nitrogens with one attached hydrogen (secondary N) is 1. The quantitative estimate of drug-likeness (QED) is 0.715. The van der Waals surface area contributed by atoms with Crippen LogP contribution >= 0.6 is 0 Å². The smallest absolute Gasteiger partial charge is 0.262 e. The highest BCUT2D eigenvalue weighted by Gasteiger charge is 2.33. The Hall–Kier alpha value is -2.59. The molecular weight excluding hydrogens is 408 g/mol. The summed E-state index contributed by atoms with van der Waals surface area (Å²) in [5, 5.41) is 2.92. The molecule has 30 heavy (non-hydrogen) atoms. The fraction of sp³-hybridized carbons (Fsp3) is 0.500. The lowest BCUT2D eigenvalue weighted by Gasteiger charge is -2.30. The molecule has 1 saturated heterocycles. The molecule has 2 heterocycles. The Morgan fingerprint density at radius 1 is 1.13 bits per heavy atom. The van der Waals surface area contributed by atoms with Gasteiger partial charge in [0.1, 0.15) is 11.5 Å². The molecule has 10 heteroatoms. The van der Waals surface area contributed by atoms with E-state index in [4.69, 9.17) is 9.47 Å². The first-order valence-corrected chi connectivity index (χ1v) is 11.3. The average Bonchev–Trinajstić information content (AvgIpc) is 3.25. The Morgan fingerprint density at radius 2 is 1.73 bits per heavy atom. The predicted octanol–water partition coefficient (Wildman–Crippen LogP) is 2.52. The maximum atomic E-state index is 12.9. The van der Waals surface area contributed by atoms with Gasteiger partial charge in [-0.15, -0.1) is 0 Å². The maximum Gasteiger partial charge on any atom is 0.262 e. The highest BCUT2D eigenvalue weighted by atomic mass is 32.2. The number of rotatable bonds is 7. The Morgan fingerprint density at radius 3 is 2.23 bits per heavy atom. The van der Waals surface area contributed by atoms with E-state index in [2.05, 4.69) is 10.3 Å². The number of sulfonamides is 1. The number of hydrogen-bond donors (Lipinski definition) is 1. The van der Waals surface area contributed by atoms with Crippen LogP contribution in [-0.2, 0) is 14.8 Å². The van der Waals surface area contributed by atoms with E-state index in [1.54, 1.807) is 43.2 Å². The third-order valence-electron chi connectivity index (χ3n) is 5.22. The summed E-state index contributed by atoms with van der Waals surface area (Å²) >= 11 is 0. The highest BCUT2D eigenvalue weighted by molar-refractivity contribution is 7.89. The first kappa shape index (κ1) is 22.1. The number of ether oxygens (including phenoxy) is 2. The Balaban J connectivity index is 1.63. The second kappa shape index (κ2) is 9.05. The maximum absolute atomic E-state index is 12.9. The van der Waals surface area contributed by atoms with Crippen LogP contribution in [0.3, 0.4) is 0 Å². The number of carbonyl (C=O) groups excluding carboxylic acids is 1. The van der Waals surface area contributed by atoms with Gasteiger partial charge in [0.25, 0.3) is 10.0 Å². The number of benzene rings is 1. The molecule has 2 aromatic rings. The summed E-state index contributed by atoms with van der Waals surface area (Å²) in [5.74, 6) is 0.728. The van der Waals surface area contributed by atoms with Gasteiger partial charge in [0.05, 0.1) is 20.5 Å². The molecule has 1 aliphatic heterocycles. The summed E-state index contributed by atoms with van der Waals surface area (Å²) in [5.41, 5.74) is 0.575. The second-order valence-corrected chi connectivity index (χ2v) is 9.41. The van der Waals surface area contributed by atoms with Crippen molar-refractivity contribution in [3.05, 3.63) is 30.7 Å². The summed E-state index contributed by atoms with van der Waals surface area (Å²) in [7, 11) is -0.579. The topological polar surface area (TPSA) is 103 Å². The number of methoxy groups -OCH3 is 2. The molecule has 9 nitrogen and oxygen atoms in total. The third-order valence-corrected chi connectivity index (χ3v) is 7.01. The van der Waals surface area contributed by atoms with Crippen LogP contribution in [0.2, 0.25) is 0 Å². The van der Waals surface area contributed by atoms with Crippen LogP contribution in [0.1, 0.15) is 32.7 Å². The molecule has 1 aromatic heterocycles. The van der Waals surface area contributed by atoms with Crippen molar-refractivity contribution in [2.45, 2.75) is 37.8 Å². The Kier molecular flexibility index (Phi) is 6.67. The molecule has 0 aliphatic carbocycles. The van der Waals surface area contributed by atoms with E-state index in [-0.39, 0.29) is 36.0 Å².